The van der Waals surface area contributed by atoms with E-state index >= 15 is 0 Å². The molecule has 1 aromatic rings. The fourth-order valence-corrected chi connectivity index (χ4v) is 1.55. The molecule has 0 saturated heterocycles. The number of carbonyl (C=O) groups excluding carboxylic acids is 1. The zero-order valence-electron chi connectivity index (χ0n) is 9.30. The van der Waals surface area contributed by atoms with Crippen molar-refractivity contribution < 1.29 is 13.9 Å². The zero-order chi connectivity index (χ0) is 12.1. The van der Waals surface area contributed by atoms with E-state index in [4.69, 9.17) is 16.3 Å². The average molecular weight is 245 g/mol. The van der Waals surface area contributed by atoms with Crippen molar-refractivity contribution in [2.24, 2.45) is 0 Å². The van der Waals surface area contributed by atoms with Gasteiger partial charge in [0.1, 0.15) is 11.9 Å². The molecule has 0 heterocycles. The Kier molecular flexibility index (Phi) is 4.90. The van der Waals surface area contributed by atoms with Crippen LogP contribution >= 0.6 is 11.6 Å². The van der Waals surface area contributed by atoms with E-state index in [-0.39, 0.29) is 10.8 Å². The molecule has 1 unspecified atom stereocenters. The number of Topliss-reactive ketones (excluding diaryl/α,β-unsaturated/α-hetero) is 1. The Morgan fingerprint density at radius 2 is 2.25 bits per heavy atom. The molecule has 0 N–H and O–H groups in total. The summed E-state index contributed by atoms with van der Waals surface area (Å²) >= 11 is 5.65. The zero-order valence-corrected chi connectivity index (χ0v) is 10.1. The van der Waals surface area contributed by atoms with Crippen LogP contribution in [0.3, 0.4) is 0 Å². The van der Waals surface area contributed by atoms with Crippen molar-refractivity contribution in [3.8, 4) is 0 Å². The van der Waals surface area contributed by atoms with Crippen molar-refractivity contribution in [3.63, 3.8) is 0 Å². The summed E-state index contributed by atoms with van der Waals surface area (Å²) in [7, 11) is 0. The van der Waals surface area contributed by atoms with Crippen molar-refractivity contribution in [2.75, 3.05) is 6.61 Å². The van der Waals surface area contributed by atoms with E-state index in [0.29, 0.717) is 12.2 Å². The summed E-state index contributed by atoms with van der Waals surface area (Å²) in [5.74, 6) is -0.612. The van der Waals surface area contributed by atoms with Gasteiger partial charge in [-0.15, -0.1) is 0 Å². The lowest BCUT2D eigenvalue weighted by Gasteiger charge is -2.15. The first-order valence-corrected chi connectivity index (χ1v) is 5.51. The minimum absolute atomic E-state index is 0.00356. The summed E-state index contributed by atoms with van der Waals surface area (Å²) in [6, 6.07) is 4.18. The summed E-state index contributed by atoms with van der Waals surface area (Å²) in [6.45, 7) is 3.88. The third-order valence-corrected chi connectivity index (χ3v) is 2.39. The Hall–Kier alpha value is -0.930. The Morgan fingerprint density at radius 1 is 1.56 bits per heavy atom. The maximum Gasteiger partial charge on any atom is 0.163 e. The highest BCUT2D eigenvalue weighted by Gasteiger charge is 2.18. The molecule has 0 aliphatic heterocycles. The van der Waals surface area contributed by atoms with Gasteiger partial charge in [-0.3, -0.25) is 4.79 Å². The highest BCUT2D eigenvalue weighted by Crippen LogP contribution is 2.24. The summed E-state index contributed by atoms with van der Waals surface area (Å²) < 4.78 is 18.4. The van der Waals surface area contributed by atoms with Crippen LogP contribution in [-0.2, 0) is 9.53 Å². The van der Waals surface area contributed by atoms with Gasteiger partial charge in [-0.25, -0.2) is 4.39 Å². The Balaban J connectivity index is 2.92. The molecule has 0 amide bonds. The number of carbonyl (C=O) groups is 1. The van der Waals surface area contributed by atoms with E-state index in [9.17, 15) is 9.18 Å². The molecule has 2 nitrogen and oxygen atoms in total. The van der Waals surface area contributed by atoms with Crippen LogP contribution in [0.25, 0.3) is 0 Å². The quantitative estimate of drug-likeness (QED) is 0.792. The molecule has 0 spiro atoms. The number of halogens is 2. The van der Waals surface area contributed by atoms with Crippen molar-refractivity contribution >= 4 is 17.4 Å². The standard InChI is InChI=1S/C12H14ClFO2/c1-3-6-16-12(8(2)15)9-4-5-11(14)10(13)7-9/h4-5,7,12H,3,6H2,1-2H3. The van der Waals surface area contributed by atoms with Gasteiger partial charge >= 0.3 is 0 Å². The minimum atomic E-state index is -0.655. The maximum atomic E-state index is 13.0. The maximum absolute atomic E-state index is 13.0. The second-order valence-electron chi connectivity index (χ2n) is 3.54. The van der Waals surface area contributed by atoms with Gasteiger partial charge in [-0.05, 0) is 31.0 Å². The van der Waals surface area contributed by atoms with Crippen LogP contribution in [0.15, 0.2) is 18.2 Å². The van der Waals surface area contributed by atoms with Gasteiger partial charge in [0.15, 0.2) is 5.78 Å². The Bertz CT molecular complexity index is 379. The van der Waals surface area contributed by atoms with Gasteiger partial charge in [0, 0.05) is 6.61 Å². The second kappa shape index (κ2) is 5.97. The van der Waals surface area contributed by atoms with Crippen LogP contribution in [0.1, 0.15) is 31.9 Å². The Morgan fingerprint density at radius 3 is 2.75 bits per heavy atom. The fourth-order valence-electron chi connectivity index (χ4n) is 1.36. The second-order valence-corrected chi connectivity index (χ2v) is 3.94. The monoisotopic (exact) mass is 244 g/mol. The van der Waals surface area contributed by atoms with E-state index in [1.165, 1.54) is 25.1 Å². The molecule has 16 heavy (non-hydrogen) atoms. The van der Waals surface area contributed by atoms with Crippen LogP contribution in [0.4, 0.5) is 4.39 Å². The molecule has 0 aliphatic rings. The fraction of sp³-hybridized carbons (Fsp3) is 0.417. The summed E-state index contributed by atoms with van der Waals surface area (Å²) in [6.07, 6.45) is 0.164. The van der Waals surface area contributed by atoms with E-state index in [0.717, 1.165) is 6.42 Å². The molecule has 1 rings (SSSR count). The van der Waals surface area contributed by atoms with Gasteiger partial charge in [0.2, 0.25) is 0 Å². The molecule has 0 bridgehead atoms. The van der Waals surface area contributed by atoms with Crippen LogP contribution in [-0.4, -0.2) is 12.4 Å². The largest absolute Gasteiger partial charge is 0.366 e. The van der Waals surface area contributed by atoms with Gasteiger partial charge in [-0.1, -0.05) is 24.6 Å². The van der Waals surface area contributed by atoms with Gasteiger partial charge < -0.3 is 4.74 Å². The highest BCUT2D eigenvalue weighted by atomic mass is 35.5. The van der Waals surface area contributed by atoms with Crippen molar-refractivity contribution in [1.29, 1.82) is 0 Å². The smallest absolute Gasteiger partial charge is 0.163 e. The van der Waals surface area contributed by atoms with Crippen LogP contribution in [0, 0.1) is 5.82 Å². The lowest BCUT2D eigenvalue weighted by molar-refractivity contribution is -0.128. The number of hydrogen-bond acceptors (Lipinski definition) is 2. The van der Waals surface area contributed by atoms with Crippen LogP contribution in [0.2, 0.25) is 5.02 Å². The molecule has 0 radical (unpaired) electrons. The topological polar surface area (TPSA) is 26.3 Å². The Labute approximate surface area is 99.4 Å². The number of ketones is 1. The van der Waals surface area contributed by atoms with Crippen LogP contribution in [0.5, 0.6) is 0 Å². The molecule has 88 valence electrons. The predicted molar refractivity (Wildman–Crippen MR) is 61.1 cm³/mol. The summed E-state index contributed by atoms with van der Waals surface area (Å²) in [5.41, 5.74) is 0.590. The first-order chi connectivity index (χ1) is 7.56. The number of benzene rings is 1. The molecular formula is C12H14ClFO2. The molecule has 0 aliphatic carbocycles. The minimum Gasteiger partial charge on any atom is -0.366 e. The third kappa shape index (κ3) is 3.29. The predicted octanol–water partition coefficient (Wildman–Crippen LogP) is 3.54. The van der Waals surface area contributed by atoms with Crippen molar-refractivity contribution in [2.45, 2.75) is 26.4 Å². The lowest BCUT2D eigenvalue weighted by Crippen LogP contribution is -2.13. The molecule has 0 fully saturated rings. The van der Waals surface area contributed by atoms with E-state index in [2.05, 4.69) is 0 Å². The lowest BCUT2D eigenvalue weighted by atomic mass is 10.1. The normalized spacial score (nSPS) is 12.5. The van der Waals surface area contributed by atoms with Crippen molar-refractivity contribution in [3.05, 3.63) is 34.6 Å². The number of hydrogen-bond donors (Lipinski definition) is 0. The summed E-state index contributed by atoms with van der Waals surface area (Å²) in [4.78, 5) is 11.4. The van der Waals surface area contributed by atoms with Crippen molar-refractivity contribution in [1.82, 2.24) is 0 Å². The number of ether oxygens (including phenoxy) is 1. The van der Waals surface area contributed by atoms with E-state index in [1.54, 1.807) is 0 Å². The molecule has 0 aromatic heterocycles. The van der Waals surface area contributed by atoms with E-state index in [1.807, 2.05) is 6.92 Å². The molecule has 4 heteroatoms. The van der Waals surface area contributed by atoms with Crippen LogP contribution < -0.4 is 0 Å². The molecule has 0 saturated carbocycles. The van der Waals surface area contributed by atoms with Gasteiger partial charge in [0.05, 0.1) is 5.02 Å². The molecule has 1 aromatic carbocycles. The van der Waals surface area contributed by atoms with Gasteiger partial charge in [0.25, 0.3) is 0 Å². The SMILES string of the molecule is CCCOC(C(C)=O)c1ccc(F)c(Cl)c1. The highest BCUT2D eigenvalue weighted by molar-refractivity contribution is 6.30. The molecular weight excluding hydrogens is 231 g/mol. The number of rotatable bonds is 5. The molecule has 1 atom stereocenters. The van der Waals surface area contributed by atoms with E-state index < -0.39 is 11.9 Å². The summed E-state index contributed by atoms with van der Waals surface area (Å²) in [5, 5.41) is 0.00356. The van der Waals surface area contributed by atoms with Gasteiger partial charge in [-0.2, -0.15) is 0 Å². The third-order valence-electron chi connectivity index (χ3n) is 2.10. The average Bonchev–Trinajstić information content (AvgIpc) is 2.23. The first kappa shape index (κ1) is 13.1. The first-order valence-electron chi connectivity index (χ1n) is 5.13.